The lowest BCUT2D eigenvalue weighted by Gasteiger charge is -2.32. The highest BCUT2D eigenvalue weighted by Crippen LogP contribution is 2.22. The summed E-state index contributed by atoms with van der Waals surface area (Å²) in [5, 5.41) is 9.01. The van der Waals surface area contributed by atoms with Gasteiger partial charge in [-0.2, -0.15) is 0 Å². The molecule has 3 rings (SSSR count). The van der Waals surface area contributed by atoms with Crippen LogP contribution in [0.15, 0.2) is 48.5 Å². The van der Waals surface area contributed by atoms with E-state index in [-0.39, 0.29) is 18.6 Å². The Hall–Kier alpha value is -2.17. The molecule has 0 spiro atoms. The van der Waals surface area contributed by atoms with E-state index in [0.29, 0.717) is 13.0 Å². The third-order valence-corrected chi connectivity index (χ3v) is 5.04. The lowest BCUT2D eigenvalue weighted by atomic mass is 10.0. The fourth-order valence-electron chi connectivity index (χ4n) is 3.52. The topological polar surface area (TPSA) is 49.8 Å². The molecule has 1 atom stereocenters. The number of benzene rings is 2. The van der Waals surface area contributed by atoms with Gasteiger partial charge in [0.1, 0.15) is 0 Å². The summed E-state index contributed by atoms with van der Waals surface area (Å²) in [6.07, 6.45) is 3.88. The van der Waals surface area contributed by atoms with Crippen molar-refractivity contribution in [3.63, 3.8) is 0 Å². The first-order valence-electron chi connectivity index (χ1n) is 9.92. The largest absolute Gasteiger partial charge is 0.396 e. The van der Waals surface area contributed by atoms with Crippen molar-refractivity contribution in [1.29, 1.82) is 0 Å². The molecule has 1 N–H and O–H groups in total. The minimum Gasteiger partial charge on any atom is -0.396 e. The molecule has 1 heterocycles. The standard InChI is InChI=1S/C23H29NO3/c1-2-16-27-22-4-3-14-24(17-22)23(26)21-11-9-20(10-12-21)19-7-5-18(6-8-19)13-15-25/h5-12,22,25H,2-4,13-17H2,1H3/t22-/m0/s1. The van der Waals surface area contributed by atoms with E-state index in [0.717, 1.165) is 54.7 Å². The van der Waals surface area contributed by atoms with Crippen molar-refractivity contribution in [3.05, 3.63) is 59.7 Å². The number of ether oxygens (including phenoxy) is 1. The average molecular weight is 367 g/mol. The van der Waals surface area contributed by atoms with Gasteiger partial charge in [-0.3, -0.25) is 4.79 Å². The van der Waals surface area contributed by atoms with E-state index in [9.17, 15) is 4.79 Å². The number of hydrogen-bond acceptors (Lipinski definition) is 3. The van der Waals surface area contributed by atoms with Crippen molar-refractivity contribution in [2.24, 2.45) is 0 Å². The zero-order valence-corrected chi connectivity index (χ0v) is 16.1. The van der Waals surface area contributed by atoms with Crippen molar-refractivity contribution in [1.82, 2.24) is 4.90 Å². The van der Waals surface area contributed by atoms with E-state index in [2.05, 4.69) is 19.1 Å². The van der Waals surface area contributed by atoms with E-state index < -0.39 is 0 Å². The van der Waals surface area contributed by atoms with Crippen LogP contribution < -0.4 is 0 Å². The molecule has 0 saturated carbocycles. The maximum Gasteiger partial charge on any atom is 0.253 e. The quantitative estimate of drug-likeness (QED) is 0.807. The predicted molar refractivity (Wildman–Crippen MR) is 108 cm³/mol. The molecule has 0 unspecified atom stereocenters. The molecule has 0 radical (unpaired) electrons. The molecule has 4 heteroatoms. The van der Waals surface area contributed by atoms with Crippen LogP contribution >= 0.6 is 0 Å². The van der Waals surface area contributed by atoms with E-state index >= 15 is 0 Å². The SMILES string of the molecule is CCCO[C@H]1CCCN(C(=O)c2ccc(-c3ccc(CCO)cc3)cc2)C1. The summed E-state index contributed by atoms with van der Waals surface area (Å²) in [7, 11) is 0. The number of piperidine rings is 1. The number of amides is 1. The number of rotatable bonds is 7. The molecule has 2 aromatic carbocycles. The van der Waals surface area contributed by atoms with Gasteiger partial charge in [0.05, 0.1) is 6.10 Å². The summed E-state index contributed by atoms with van der Waals surface area (Å²) in [5.74, 6) is 0.0876. The molecule has 2 aromatic rings. The lowest BCUT2D eigenvalue weighted by Crippen LogP contribution is -2.43. The van der Waals surface area contributed by atoms with Gasteiger partial charge >= 0.3 is 0 Å². The minimum absolute atomic E-state index is 0.0876. The molecular formula is C23H29NO3. The molecule has 0 bridgehead atoms. The Kier molecular flexibility index (Phi) is 7.02. The number of nitrogens with zero attached hydrogens (tertiary/aromatic N) is 1. The van der Waals surface area contributed by atoms with E-state index in [1.165, 1.54) is 0 Å². The Bertz CT molecular complexity index is 724. The first-order chi connectivity index (χ1) is 13.2. The maximum absolute atomic E-state index is 12.8. The molecule has 144 valence electrons. The molecule has 1 aliphatic rings. The Labute approximate surface area is 161 Å². The minimum atomic E-state index is 0.0876. The fourth-order valence-corrected chi connectivity index (χ4v) is 3.52. The summed E-state index contributed by atoms with van der Waals surface area (Å²) in [4.78, 5) is 14.7. The lowest BCUT2D eigenvalue weighted by molar-refractivity contribution is 0.00211. The number of aliphatic hydroxyl groups is 1. The summed E-state index contributed by atoms with van der Waals surface area (Å²) in [6.45, 7) is 4.52. The van der Waals surface area contributed by atoms with Gasteiger partial charge in [0.15, 0.2) is 0 Å². The Morgan fingerprint density at radius 1 is 1.11 bits per heavy atom. The van der Waals surface area contributed by atoms with Crippen LogP contribution in [0.25, 0.3) is 11.1 Å². The van der Waals surface area contributed by atoms with Crippen LogP contribution in [0.4, 0.5) is 0 Å². The van der Waals surface area contributed by atoms with E-state index in [1.807, 2.05) is 41.3 Å². The number of carbonyl (C=O) groups is 1. The molecule has 1 fully saturated rings. The van der Waals surface area contributed by atoms with Crippen LogP contribution in [0.1, 0.15) is 42.1 Å². The average Bonchev–Trinajstić information content (AvgIpc) is 2.73. The highest BCUT2D eigenvalue weighted by atomic mass is 16.5. The van der Waals surface area contributed by atoms with Crippen LogP contribution in [0.2, 0.25) is 0 Å². The van der Waals surface area contributed by atoms with Crippen molar-refractivity contribution in [2.45, 2.75) is 38.7 Å². The second-order valence-corrected chi connectivity index (χ2v) is 7.13. The molecular weight excluding hydrogens is 338 g/mol. The van der Waals surface area contributed by atoms with Crippen molar-refractivity contribution in [2.75, 3.05) is 26.3 Å². The first-order valence-corrected chi connectivity index (χ1v) is 9.92. The van der Waals surface area contributed by atoms with Crippen molar-refractivity contribution < 1.29 is 14.6 Å². The fraction of sp³-hybridized carbons (Fsp3) is 0.435. The third kappa shape index (κ3) is 5.18. The highest BCUT2D eigenvalue weighted by molar-refractivity contribution is 5.94. The Morgan fingerprint density at radius 3 is 2.41 bits per heavy atom. The van der Waals surface area contributed by atoms with Gasteiger partial charge in [-0.05, 0) is 54.5 Å². The van der Waals surface area contributed by atoms with Crippen molar-refractivity contribution >= 4 is 5.91 Å². The summed E-state index contributed by atoms with van der Waals surface area (Å²) in [6, 6.07) is 16.0. The Balaban J connectivity index is 1.64. The Morgan fingerprint density at radius 2 is 1.78 bits per heavy atom. The van der Waals surface area contributed by atoms with Crippen LogP contribution in [-0.2, 0) is 11.2 Å². The predicted octanol–water partition coefficient (Wildman–Crippen LogP) is 3.92. The number of hydrogen-bond donors (Lipinski definition) is 1. The summed E-state index contributed by atoms with van der Waals surface area (Å²) >= 11 is 0. The van der Waals surface area contributed by atoms with Gasteiger partial charge in [-0.1, -0.05) is 43.3 Å². The van der Waals surface area contributed by atoms with Gasteiger partial charge in [0.2, 0.25) is 0 Å². The van der Waals surface area contributed by atoms with Crippen LogP contribution in [0, 0.1) is 0 Å². The molecule has 4 nitrogen and oxygen atoms in total. The van der Waals surface area contributed by atoms with Gasteiger partial charge in [-0.25, -0.2) is 0 Å². The second-order valence-electron chi connectivity index (χ2n) is 7.13. The molecule has 1 amide bonds. The van der Waals surface area contributed by atoms with Gasteiger partial charge < -0.3 is 14.7 Å². The van der Waals surface area contributed by atoms with Gasteiger partial charge in [-0.15, -0.1) is 0 Å². The number of likely N-dealkylation sites (tertiary alicyclic amines) is 1. The van der Waals surface area contributed by atoms with Gasteiger partial charge in [0, 0.05) is 31.9 Å². The molecule has 0 aliphatic carbocycles. The third-order valence-electron chi connectivity index (χ3n) is 5.04. The maximum atomic E-state index is 12.8. The van der Waals surface area contributed by atoms with E-state index in [1.54, 1.807) is 0 Å². The monoisotopic (exact) mass is 367 g/mol. The number of aliphatic hydroxyl groups excluding tert-OH is 1. The van der Waals surface area contributed by atoms with Gasteiger partial charge in [0.25, 0.3) is 5.91 Å². The summed E-state index contributed by atoms with van der Waals surface area (Å²) in [5.41, 5.74) is 4.05. The molecule has 27 heavy (non-hydrogen) atoms. The zero-order chi connectivity index (χ0) is 19.1. The normalized spacial score (nSPS) is 17.1. The first kappa shape index (κ1) is 19.6. The van der Waals surface area contributed by atoms with E-state index in [4.69, 9.17) is 9.84 Å². The smallest absolute Gasteiger partial charge is 0.253 e. The highest BCUT2D eigenvalue weighted by Gasteiger charge is 2.24. The zero-order valence-electron chi connectivity index (χ0n) is 16.1. The van der Waals surface area contributed by atoms with Crippen LogP contribution in [0.5, 0.6) is 0 Å². The molecule has 1 aliphatic heterocycles. The number of carbonyl (C=O) groups excluding carboxylic acids is 1. The molecule has 1 saturated heterocycles. The van der Waals surface area contributed by atoms with Crippen LogP contribution in [0.3, 0.4) is 0 Å². The van der Waals surface area contributed by atoms with Crippen LogP contribution in [-0.4, -0.2) is 48.3 Å². The summed E-state index contributed by atoms with van der Waals surface area (Å²) < 4.78 is 5.84. The van der Waals surface area contributed by atoms with Crippen molar-refractivity contribution in [3.8, 4) is 11.1 Å². The second kappa shape index (κ2) is 9.67. The molecule has 0 aromatic heterocycles.